The van der Waals surface area contributed by atoms with Crippen LogP contribution < -0.4 is 21.1 Å². The first-order chi connectivity index (χ1) is 15.9. The van der Waals surface area contributed by atoms with E-state index in [4.69, 9.17) is 0 Å². The lowest BCUT2D eigenvalue weighted by Crippen LogP contribution is -2.43. The number of fused-ring (bicyclic) bond motifs is 1. The number of piperidine rings is 1. The molecule has 1 unspecified atom stereocenters. The second kappa shape index (κ2) is 9.65. The molecule has 0 saturated carbocycles. The van der Waals surface area contributed by atoms with Crippen LogP contribution in [0, 0.1) is 18.7 Å². The number of amides is 2. The largest absolute Gasteiger partial charge is 0.356 e. The van der Waals surface area contributed by atoms with Crippen molar-refractivity contribution in [2.75, 3.05) is 29.9 Å². The first kappa shape index (κ1) is 22.8. The van der Waals surface area contributed by atoms with Crippen LogP contribution in [0.15, 0.2) is 29.3 Å². The molecule has 174 valence electrons. The van der Waals surface area contributed by atoms with Gasteiger partial charge >= 0.3 is 0 Å². The Morgan fingerprint density at radius 3 is 2.94 bits per heavy atom. The Kier molecular flexibility index (Phi) is 6.68. The standard InChI is InChI=1S/C22H25FN6O3S/c1-3-24-20(31)14-5-4-8-28(10-14)22-27-19-18(33-22)21(32)29(12-25-19)11-17(30)26-16-9-15(23)7-6-13(16)2/h6-7,9,12,14H,3-5,8,10-11H2,1-2H3,(H,24,31)(H,26,30). The summed E-state index contributed by atoms with van der Waals surface area (Å²) in [5.41, 5.74) is 1.02. The molecule has 4 rings (SSSR count). The molecule has 1 fully saturated rings. The van der Waals surface area contributed by atoms with E-state index in [-0.39, 0.29) is 23.9 Å². The number of nitrogens with zero attached hydrogens (tertiary/aromatic N) is 4. The summed E-state index contributed by atoms with van der Waals surface area (Å²) < 4.78 is 15.0. The second-order valence-corrected chi connectivity index (χ2v) is 8.99. The molecule has 0 spiro atoms. The van der Waals surface area contributed by atoms with Gasteiger partial charge in [0.25, 0.3) is 5.56 Å². The van der Waals surface area contributed by atoms with Gasteiger partial charge in [-0.25, -0.2) is 9.37 Å². The summed E-state index contributed by atoms with van der Waals surface area (Å²) >= 11 is 1.21. The predicted molar refractivity (Wildman–Crippen MR) is 125 cm³/mol. The van der Waals surface area contributed by atoms with Crippen molar-refractivity contribution in [1.82, 2.24) is 19.9 Å². The maximum absolute atomic E-state index is 13.5. The SMILES string of the molecule is CCNC(=O)C1CCCN(c2nc3ncn(CC(=O)Nc4cc(F)ccc4C)c(=O)c3s2)C1. The molecule has 33 heavy (non-hydrogen) atoms. The van der Waals surface area contributed by atoms with E-state index in [0.717, 1.165) is 19.4 Å². The van der Waals surface area contributed by atoms with Crippen LogP contribution in [0.4, 0.5) is 15.2 Å². The fourth-order valence-electron chi connectivity index (χ4n) is 3.84. The number of thiazole rings is 1. The van der Waals surface area contributed by atoms with Crippen LogP contribution in [0.2, 0.25) is 0 Å². The number of carbonyl (C=O) groups excluding carboxylic acids is 2. The summed E-state index contributed by atoms with van der Waals surface area (Å²) in [6.07, 6.45) is 2.97. The van der Waals surface area contributed by atoms with E-state index < -0.39 is 11.7 Å². The van der Waals surface area contributed by atoms with Crippen LogP contribution in [-0.2, 0) is 16.1 Å². The average molecular weight is 473 g/mol. The molecule has 0 bridgehead atoms. The number of hydrogen-bond donors (Lipinski definition) is 2. The molecule has 1 atom stereocenters. The number of anilines is 2. The third-order valence-corrected chi connectivity index (χ3v) is 6.67. The third kappa shape index (κ3) is 5.03. The normalized spacial score (nSPS) is 16.1. The molecule has 1 aromatic carbocycles. The highest BCUT2D eigenvalue weighted by Crippen LogP contribution is 2.29. The molecule has 9 nitrogen and oxygen atoms in total. The average Bonchev–Trinajstić information content (AvgIpc) is 3.24. The quantitative estimate of drug-likeness (QED) is 0.570. The van der Waals surface area contributed by atoms with Gasteiger partial charge in [0.2, 0.25) is 11.8 Å². The zero-order chi connectivity index (χ0) is 23.5. The number of hydrogen-bond acceptors (Lipinski definition) is 7. The zero-order valence-electron chi connectivity index (χ0n) is 18.4. The molecular formula is C22H25FN6O3S. The number of benzene rings is 1. The van der Waals surface area contributed by atoms with Gasteiger partial charge in [-0.15, -0.1) is 0 Å². The predicted octanol–water partition coefficient (Wildman–Crippen LogP) is 2.29. The van der Waals surface area contributed by atoms with Gasteiger partial charge < -0.3 is 15.5 Å². The second-order valence-electron chi connectivity index (χ2n) is 8.01. The van der Waals surface area contributed by atoms with Crippen molar-refractivity contribution >= 4 is 44.3 Å². The minimum absolute atomic E-state index is 0.0309. The van der Waals surface area contributed by atoms with E-state index in [0.29, 0.717) is 39.8 Å². The molecule has 2 N–H and O–H groups in total. The molecule has 1 saturated heterocycles. The minimum atomic E-state index is -0.461. The monoisotopic (exact) mass is 472 g/mol. The highest BCUT2D eigenvalue weighted by molar-refractivity contribution is 7.22. The van der Waals surface area contributed by atoms with E-state index in [1.807, 2.05) is 11.8 Å². The summed E-state index contributed by atoms with van der Waals surface area (Å²) in [6.45, 7) is 5.27. The van der Waals surface area contributed by atoms with Crippen molar-refractivity contribution in [3.8, 4) is 0 Å². The number of halogens is 1. The Hall–Kier alpha value is -3.34. The molecule has 11 heteroatoms. The maximum Gasteiger partial charge on any atom is 0.273 e. The van der Waals surface area contributed by atoms with Crippen LogP contribution in [-0.4, -0.2) is 46.0 Å². The van der Waals surface area contributed by atoms with Gasteiger partial charge in [-0.3, -0.25) is 19.0 Å². The summed E-state index contributed by atoms with van der Waals surface area (Å²) in [6, 6.07) is 4.12. The molecule has 3 aromatic rings. The van der Waals surface area contributed by atoms with E-state index >= 15 is 0 Å². The Balaban J connectivity index is 1.51. The van der Waals surface area contributed by atoms with Crippen molar-refractivity contribution in [2.45, 2.75) is 33.2 Å². The van der Waals surface area contributed by atoms with Gasteiger partial charge in [-0.1, -0.05) is 17.4 Å². The summed E-state index contributed by atoms with van der Waals surface area (Å²) in [7, 11) is 0. The molecule has 3 heterocycles. The highest BCUT2D eigenvalue weighted by Gasteiger charge is 2.27. The van der Waals surface area contributed by atoms with E-state index in [1.54, 1.807) is 13.0 Å². The number of rotatable bonds is 6. The fraction of sp³-hybridized carbons (Fsp3) is 0.409. The number of aryl methyl sites for hydroxylation is 1. The van der Waals surface area contributed by atoms with Crippen LogP contribution >= 0.6 is 11.3 Å². The molecule has 1 aliphatic heterocycles. The fourth-order valence-corrected chi connectivity index (χ4v) is 4.84. The van der Waals surface area contributed by atoms with Crippen LogP contribution in [0.3, 0.4) is 0 Å². The van der Waals surface area contributed by atoms with Gasteiger partial charge in [-0.05, 0) is 44.4 Å². The van der Waals surface area contributed by atoms with Gasteiger partial charge in [0, 0.05) is 25.3 Å². The highest BCUT2D eigenvalue weighted by atomic mass is 32.1. The Morgan fingerprint density at radius 2 is 2.15 bits per heavy atom. The van der Waals surface area contributed by atoms with Crippen LogP contribution in [0.5, 0.6) is 0 Å². The Morgan fingerprint density at radius 1 is 1.33 bits per heavy atom. The topological polar surface area (TPSA) is 109 Å². The van der Waals surface area contributed by atoms with Crippen LogP contribution in [0.25, 0.3) is 10.3 Å². The van der Waals surface area contributed by atoms with Crippen molar-refractivity contribution < 1.29 is 14.0 Å². The number of aromatic nitrogens is 3. The van der Waals surface area contributed by atoms with Crippen molar-refractivity contribution in [2.24, 2.45) is 5.92 Å². The van der Waals surface area contributed by atoms with Gasteiger partial charge in [-0.2, -0.15) is 4.98 Å². The van der Waals surface area contributed by atoms with Crippen molar-refractivity contribution in [3.05, 3.63) is 46.3 Å². The van der Waals surface area contributed by atoms with Gasteiger partial charge in [0.1, 0.15) is 23.4 Å². The molecule has 2 aromatic heterocycles. The lowest BCUT2D eigenvalue weighted by molar-refractivity contribution is -0.125. The Bertz CT molecular complexity index is 1260. The molecule has 1 aliphatic rings. The van der Waals surface area contributed by atoms with Gasteiger partial charge in [0.15, 0.2) is 10.8 Å². The van der Waals surface area contributed by atoms with E-state index in [2.05, 4.69) is 20.6 Å². The Labute approximate surface area is 193 Å². The molecule has 2 amide bonds. The molecule has 0 radical (unpaired) electrons. The summed E-state index contributed by atoms with van der Waals surface area (Å²) in [5, 5.41) is 6.14. The van der Waals surface area contributed by atoms with E-state index in [1.165, 1.54) is 34.4 Å². The maximum atomic E-state index is 13.5. The lowest BCUT2D eigenvalue weighted by Gasteiger charge is -2.31. The molecular weight excluding hydrogens is 447 g/mol. The summed E-state index contributed by atoms with van der Waals surface area (Å²) in [4.78, 5) is 48.4. The molecule has 0 aliphatic carbocycles. The smallest absolute Gasteiger partial charge is 0.273 e. The van der Waals surface area contributed by atoms with Gasteiger partial charge in [0.05, 0.1) is 5.92 Å². The third-order valence-electron chi connectivity index (χ3n) is 5.57. The first-order valence-electron chi connectivity index (χ1n) is 10.8. The number of carbonyl (C=O) groups is 2. The van der Waals surface area contributed by atoms with Crippen molar-refractivity contribution in [1.29, 1.82) is 0 Å². The first-order valence-corrected chi connectivity index (χ1v) is 11.6. The van der Waals surface area contributed by atoms with Crippen molar-refractivity contribution in [3.63, 3.8) is 0 Å². The lowest BCUT2D eigenvalue weighted by atomic mass is 9.97. The van der Waals surface area contributed by atoms with E-state index in [9.17, 15) is 18.8 Å². The number of nitrogens with one attached hydrogen (secondary N) is 2. The van der Waals surface area contributed by atoms with Crippen LogP contribution in [0.1, 0.15) is 25.3 Å². The summed E-state index contributed by atoms with van der Waals surface area (Å²) in [5.74, 6) is -1.01. The minimum Gasteiger partial charge on any atom is -0.356 e. The zero-order valence-corrected chi connectivity index (χ0v) is 19.2.